The summed E-state index contributed by atoms with van der Waals surface area (Å²) < 4.78 is 13.8. The largest absolute Gasteiger partial charge is 0.321 e. The summed E-state index contributed by atoms with van der Waals surface area (Å²) in [6.45, 7) is 1.82. The molecule has 0 aliphatic carbocycles. The molecule has 0 bridgehead atoms. The zero-order valence-electron chi connectivity index (χ0n) is 10.0. The van der Waals surface area contributed by atoms with Gasteiger partial charge in [0.25, 0.3) is 5.91 Å². The third-order valence-electron chi connectivity index (χ3n) is 2.62. The minimum Gasteiger partial charge on any atom is -0.321 e. The predicted molar refractivity (Wildman–Crippen MR) is 83.3 cm³/mol. The van der Waals surface area contributed by atoms with Crippen molar-refractivity contribution >= 4 is 45.8 Å². The molecule has 0 aliphatic rings. The molecule has 2 nitrogen and oxygen atoms in total. The average Bonchev–Trinajstić information content (AvgIpc) is 2.38. The first-order chi connectivity index (χ1) is 8.99. The highest BCUT2D eigenvalue weighted by atomic mass is 127. The molecule has 0 aromatic heterocycles. The van der Waals surface area contributed by atoms with Crippen LogP contribution >= 0.6 is 34.2 Å². The van der Waals surface area contributed by atoms with Crippen LogP contribution in [0, 0.1) is 16.3 Å². The van der Waals surface area contributed by atoms with Gasteiger partial charge in [-0.1, -0.05) is 17.7 Å². The minimum absolute atomic E-state index is 0.289. The molecule has 0 heterocycles. The Morgan fingerprint density at radius 3 is 2.74 bits per heavy atom. The summed E-state index contributed by atoms with van der Waals surface area (Å²) in [6, 6.07) is 9.57. The van der Waals surface area contributed by atoms with E-state index in [0.717, 1.165) is 5.56 Å². The molecule has 0 saturated heterocycles. The van der Waals surface area contributed by atoms with E-state index in [0.29, 0.717) is 19.8 Å². The maximum atomic E-state index is 13.4. The SMILES string of the molecule is Cc1cc(C(=O)Nc2cccc(F)c2I)ccc1Cl. The molecular weight excluding hydrogens is 380 g/mol. The molecule has 0 radical (unpaired) electrons. The van der Waals surface area contributed by atoms with Gasteiger partial charge in [0.1, 0.15) is 5.82 Å². The Labute approximate surface area is 129 Å². The molecule has 2 aromatic rings. The fourth-order valence-corrected chi connectivity index (χ4v) is 2.19. The number of nitrogens with one attached hydrogen (secondary N) is 1. The Morgan fingerprint density at radius 2 is 2.05 bits per heavy atom. The standard InChI is InChI=1S/C14H10ClFINO/c1-8-7-9(5-6-10(8)15)14(19)18-12-4-2-3-11(16)13(12)17/h2-7H,1H3,(H,18,19). The molecule has 0 unspecified atom stereocenters. The summed E-state index contributed by atoms with van der Waals surface area (Å²) in [5.41, 5.74) is 1.77. The van der Waals surface area contributed by atoms with Crippen LogP contribution in [0.3, 0.4) is 0 Å². The number of anilines is 1. The van der Waals surface area contributed by atoms with Crippen LogP contribution in [0.4, 0.5) is 10.1 Å². The molecule has 5 heteroatoms. The van der Waals surface area contributed by atoms with Gasteiger partial charge in [-0.3, -0.25) is 4.79 Å². The maximum absolute atomic E-state index is 13.4. The lowest BCUT2D eigenvalue weighted by Crippen LogP contribution is -2.13. The third-order valence-corrected chi connectivity index (χ3v) is 4.14. The molecule has 0 saturated carbocycles. The van der Waals surface area contributed by atoms with Crippen molar-refractivity contribution in [3.05, 3.63) is 61.9 Å². The number of hydrogen-bond donors (Lipinski definition) is 1. The van der Waals surface area contributed by atoms with Crippen LogP contribution in [-0.4, -0.2) is 5.91 Å². The van der Waals surface area contributed by atoms with Crippen molar-refractivity contribution in [3.63, 3.8) is 0 Å². The van der Waals surface area contributed by atoms with E-state index in [1.807, 2.05) is 29.5 Å². The van der Waals surface area contributed by atoms with Crippen molar-refractivity contribution < 1.29 is 9.18 Å². The fraction of sp³-hybridized carbons (Fsp3) is 0.0714. The summed E-state index contributed by atoms with van der Waals surface area (Å²) in [7, 11) is 0. The van der Waals surface area contributed by atoms with Gasteiger partial charge in [-0.25, -0.2) is 4.39 Å². The quantitative estimate of drug-likeness (QED) is 0.745. The first-order valence-corrected chi connectivity index (χ1v) is 6.96. The van der Waals surface area contributed by atoms with Crippen molar-refractivity contribution in [1.82, 2.24) is 0 Å². The number of aryl methyl sites for hydroxylation is 1. The molecule has 0 fully saturated rings. The van der Waals surface area contributed by atoms with Crippen LogP contribution in [-0.2, 0) is 0 Å². The zero-order valence-corrected chi connectivity index (χ0v) is 12.9. The lowest BCUT2D eigenvalue weighted by Gasteiger charge is -2.08. The second kappa shape index (κ2) is 5.88. The van der Waals surface area contributed by atoms with E-state index >= 15 is 0 Å². The number of carbonyl (C=O) groups excluding carboxylic acids is 1. The van der Waals surface area contributed by atoms with E-state index in [4.69, 9.17) is 11.6 Å². The second-order valence-electron chi connectivity index (χ2n) is 4.02. The van der Waals surface area contributed by atoms with Gasteiger partial charge in [-0.2, -0.15) is 0 Å². The number of benzene rings is 2. The number of hydrogen-bond acceptors (Lipinski definition) is 1. The summed E-state index contributed by atoms with van der Waals surface area (Å²) in [4.78, 5) is 12.1. The number of amides is 1. The van der Waals surface area contributed by atoms with Gasteiger partial charge >= 0.3 is 0 Å². The highest BCUT2D eigenvalue weighted by Crippen LogP contribution is 2.22. The summed E-state index contributed by atoms with van der Waals surface area (Å²) in [5, 5.41) is 3.29. The van der Waals surface area contributed by atoms with Crippen LogP contribution in [0.15, 0.2) is 36.4 Å². The molecule has 19 heavy (non-hydrogen) atoms. The molecule has 0 aliphatic heterocycles. The van der Waals surface area contributed by atoms with Crippen molar-refractivity contribution in [2.45, 2.75) is 6.92 Å². The number of rotatable bonds is 2. The van der Waals surface area contributed by atoms with E-state index in [2.05, 4.69) is 5.32 Å². The topological polar surface area (TPSA) is 29.1 Å². The Bertz CT molecular complexity index is 645. The predicted octanol–water partition coefficient (Wildman–Crippen LogP) is 4.64. The van der Waals surface area contributed by atoms with Gasteiger partial charge in [0, 0.05) is 10.6 Å². The van der Waals surface area contributed by atoms with Gasteiger partial charge in [0.15, 0.2) is 0 Å². The lowest BCUT2D eigenvalue weighted by atomic mass is 10.1. The van der Waals surface area contributed by atoms with Crippen LogP contribution in [0.2, 0.25) is 5.02 Å². The third kappa shape index (κ3) is 3.25. The highest BCUT2D eigenvalue weighted by Gasteiger charge is 2.11. The second-order valence-corrected chi connectivity index (χ2v) is 5.51. The van der Waals surface area contributed by atoms with Gasteiger partial charge in [-0.05, 0) is 65.4 Å². The molecule has 2 rings (SSSR count). The fourth-order valence-electron chi connectivity index (χ4n) is 1.58. The van der Waals surface area contributed by atoms with Gasteiger partial charge in [-0.15, -0.1) is 0 Å². The van der Waals surface area contributed by atoms with Crippen LogP contribution in [0.25, 0.3) is 0 Å². The Morgan fingerprint density at radius 1 is 1.32 bits per heavy atom. The molecule has 98 valence electrons. The van der Waals surface area contributed by atoms with Crippen molar-refractivity contribution in [3.8, 4) is 0 Å². The van der Waals surface area contributed by atoms with Gasteiger partial charge < -0.3 is 5.32 Å². The number of halogens is 3. The van der Waals surface area contributed by atoms with Gasteiger partial charge in [0.05, 0.1) is 9.26 Å². The molecule has 2 aromatic carbocycles. The molecule has 1 amide bonds. The normalized spacial score (nSPS) is 10.3. The zero-order chi connectivity index (χ0) is 14.0. The maximum Gasteiger partial charge on any atom is 0.255 e. The van der Waals surface area contributed by atoms with Crippen molar-refractivity contribution in [1.29, 1.82) is 0 Å². The van der Waals surface area contributed by atoms with E-state index in [1.54, 1.807) is 30.3 Å². The van der Waals surface area contributed by atoms with E-state index in [-0.39, 0.29) is 11.7 Å². The van der Waals surface area contributed by atoms with Crippen LogP contribution < -0.4 is 5.32 Å². The van der Waals surface area contributed by atoms with E-state index < -0.39 is 0 Å². The van der Waals surface area contributed by atoms with Crippen molar-refractivity contribution in [2.75, 3.05) is 5.32 Å². The van der Waals surface area contributed by atoms with E-state index in [9.17, 15) is 9.18 Å². The Balaban J connectivity index is 2.26. The first-order valence-electron chi connectivity index (χ1n) is 5.50. The Hall–Kier alpha value is -1.14. The molecule has 0 spiro atoms. The first kappa shape index (κ1) is 14.3. The van der Waals surface area contributed by atoms with E-state index in [1.165, 1.54) is 6.07 Å². The molecule has 0 atom stereocenters. The summed E-state index contributed by atoms with van der Waals surface area (Å²) in [6.07, 6.45) is 0. The lowest BCUT2D eigenvalue weighted by molar-refractivity contribution is 0.102. The van der Waals surface area contributed by atoms with Crippen LogP contribution in [0.1, 0.15) is 15.9 Å². The smallest absolute Gasteiger partial charge is 0.255 e. The monoisotopic (exact) mass is 389 g/mol. The van der Waals surface area contributed by atoms with Gasteiger partial charge in [0.2, 0.25) is 0 Å². The summed E-state index contributed by atoms with van der Waals surface area (Å²) in [5.74, 6) is -0.644. The number of carbonyl (C=O) groups is 1. The minimum atomic E-state index is -0.356. The molecular formula is C14H10ClFINO. The average molecular weight is 390 g/mol. The van der Waals surface area contributed by atoms with Crippen molar-refractivity contribution in [2.24, 2.45) is 0 Å². The molecule has 1 N–H and O–H groups in total. The summed E-state index contributed by atoms with van der Waals surface area (Å²) >= 11 is 7.77. The van der Waals surface area contributed by atoms with Crippen LogP contribution in [0.5, 0.6) is 0 Å². The highest BCUT2D eigenvalue weighted by molar-refractivity contribution is 14.1. The Kier molecular flexibility index (Phi) is 4.42.